The Morgan fingerprint density at radius 2 is 2.06 bits per heavy atom. The Hall–Kier alpha value is -1.58. The predicted molar refractivity (Wildman–Crippen MR) is 59.2 cm³/mol. The minimum Gasteiger partial charge on any atom is -0.478 e. The van der Waals surface area contributed by atoms with Crippen molar-refractivity contribution in [3.63, 3.8) is 0 Å². The molecule has 0 heterocycles. The van der Waals surface area contributed by atoms with Crippen LogP contribution in [0.3, 0.4) is 0 Å². The van der Waals surface area contributed by atoms with Gasteiger partial charge in [-0.2, -0.15) is 0 Å². The van der Waals surface area contributed by atoms with E-state index in [0.717, 1.165) is 25.7 Å². The molecule has 0 unspecified atom stereocenters. The molecule has 1 saturated carbocycles. The first-order valence-corrected chi connectivity index (χ1v) is 5.46. The van der Waals surface area contributed by atoms with Crippen LogP contribution < -0.4 is 5.32 Å². The molecule has 1 aliphatic rings. The number of aromatic carboxylic acids is 1. The number of halogens is 1. The standard InChI is InChI=1S/C12H14FNO2/c13-8-5-6-10(12(15)16)11(7-8)14-9-3-1-2-4-9/h5-7,9,14H,1-4H2,(H,15,16). The van der Waals surface area contributed by atoms with Crippen molar-refractivity contribution < 1.29 is 14.3 Å². The zero-order valence-corrected chi connectivity index (χ0v) is 8.87. The van der Waals surface area contributed by atoms with Gasteiger partial charge in [0.25, 0.3) is 0 Å². The summed E-state index contributed by atoms with van der Waals surface area (Å²) in [5, 5.41) is 12.1. The van der Waals surface area contributed by atoms with Crippen molar-refractivity contribution in [3.05, 3.63) is 29.6 Å². The van der Waals surface area contributed by atoms with Gasteiger partial charge in [-0.05, 0) is 31.0 Å². The Labute approximate surface area is 93.3 Å². The molecule has 1 aromatic carbocycles. The molecule has 0 amide bonds. The van der Waals surface area contributed by atoms with Crippen LogP contribution in [0.4, 0.5) is 10.1 Å². The van der Waals surface area contributed by atoms with Gasteiger partial charge in [-0.1, -0.05) is 12.8 Å². The van der Waals surface area contributed by atoms with Crippen molar-refractivity contribution in [2.75, 3.05) is 5.32 Å². The molecule has 2 rings (SSSR count). The Kier molecular flexibility index (Phi) is 3.08. The van der Waals surface area contributed by atoms with E-state index >= 15 is 0 Å². The number of carboxylic acid groups (broad SMARTS) is 1. The average molecular weight is 223 g/mol. The number of anilines is 1. The topological polar surface area (TPSA) is 49.3 Å². The molecule has 1 aromatic rings. The molecule has 0 radical (unpaired) electrons. The normalized spacial score (nSPS) is 16.3. The lowest BCUT2D eigenvalue weighted by molar-refractivity contribution is 0.0698. The van der Waals surface area contributed by atoms with Crippen LogP contribution in [0.2, 0.25) is 0 Å². The lowest BCUT2D eigenvalue weighted by atomic mass is 10.1. The molecular weight excluding hydrogens is 209 g/mol. The smallest absolute Gasteiger partial charge is 0.337 e. The second-order valence-electron chi connectivity index (χ2n) is 4.12. The molecule has 4 heteroatoms. The van der Waals surface area contributed by atoms with Crippen molar-refractivity contribution in [3.8, 4) is 0 Å². The number of benzene rings is 1. The highest BCUT2D eigenvalue weighted by Crippen LogP contribution is 2.25. The van der Waals surface area contributed by atoms with Crippen LogP contribution in [0.1, 0.15) is 36.0 Å². The molecule has 3 nitrogen and oxygen atoms in total. The van der Waals surface area contributed by atoms with Crippen molar-refractivity contribution in [2.45, 2.75) is 31.7 Å². The summed E-state index contributed by atoms with van der Waals surface area (Å²) in [6.07, 6.45) is 4.34. The molecule has 0 spiro atoms. The van der Waals surface area contributed by atoms with E-state index in [-0.39, 0.29) is 11.6 Å². The summed E-state index contributed by atoms with van der Waals surface area (Å²) in [5.41, 5.74) is 0.521. The monoisotopic (exact) mass is 223 g/mol. The lowest BCUT2D eigenvalue weighted by Gasteiger charge is -2.15. The number of hydrogen-bond donors (Lipinski definition) is 2. The third-order valence-electron chi connectivity index (χ3n) is 2.93. The van der Waals surface area contributed by atoms with Gasteiger partial charge in [0.2, 0.25) is 0 Å². The summed E-state index contributed by atoms with van der Waals surface area (Å²) in [4.78, 5) is 10.9. The van der Waals surface area contributed by atoms with E-state index < -0.39 is 11.8 Å². The highest BCUT2D eigenvalue weighted by Gasteiger charge is 2.18. The quantitative estimate of drug-likeness (QED) is 0.828. The van der Waals surface area contributed by atoms with Crippen LogP contribution in [-0.2, 0) is 0 Å². The highest BCUT2D eigenvalue weighted by molar-refractivity contribution is 5.94. The number of carboxylic acids is 1. The van der Waals surface area contributed by atoms with Gasteiger partial charge in [0.05, 0.1) is 11.3 Å². The maximum Gasteiger partial charge on any atom is 0.337 e. The summed E-state index contributed by atoms with van der Waals surface area (Å²) in [5.74, 6) is -1.44. The maximum absolute atomic E-state index is 13.1. The van der Waals surface area contributed by atoms with Gasteiger partial charge in [-0.3, -0.25) is 0 Å². The number of rotatable bonds is 3. The van der Waals surface area contributed by atoms with Crippen molar-refractivity contribution in [1.29, 1.82) is 0 Å². The second kappa shape index (κ2) is 4.51. The van der Waals surface area contributed by atoms with Crippen LogP contribution in [-0.4, -0.2) is 17.1 Å². The molecule has 2 N–H and O–H groups in total. The highest BCUT2D eigenvalue weighted by atomic mass is 19.1. The summed E-state index contributed by atoms with van der Waals surface area (Å²) >= 11 is 0. The Bertz CT molecular complexity index is 400. The first kappa shape index (κ1) is 10.9. The fraction of sp³-hybridized carbons (Fsp3) is 0.417. The molecule has 0 bridgehead atoms. The number of carbonyl (C=O) groups is 1. The molecule has 0 saturated heterocycles. The third-order valence-corrected chi connectivity index (χ3v) is 2.93. The molecule has 0 aromatic heterocycles. The minimum absolute atomic E-state index is 0.133. The molecule has 1 fully saturated rings. The minimum atomic E-state index is -1.03. The van der Waals surface area contributed by atoms with Crippen molar-refractivity contribution in [1.82, 2.24) is 0 Å². The van der Waals surface area contributed by atoms with Gasteiger partial charge < -0.3 is 10.4 Å². The van der Waals surface area contributed by atoms with E-state index in [1.807, 2.05) is 0 Å². The Balaban J connectivity index is 2.22. The van der Waals surface area contributed by atoms with Gasteiger partial charge in [0.15, 0.2) is 0 Å². The van der Waals surface area contributed by atoms with E-state index in [1.165, 1.54) is 18.2 Å². The first-order chi connectivity index (χ1) is 7.66. The van der Waals surface area contributed by atoms with E-state index in [4.69, 9.17) is 5.11 Å². The van der Waals surface area contributed by atoms with E-state index in [9.17, 15) is 9.18 Å². The summed E-state index contributed by atoms with van der Waals surface area (Å²) < 4.78 is 13.1. The molecule has 86 valence electrons. The zero-order valence-electron chi connectivity index (χ0n) is 8.87. The van der Waals surface area contributed by atoms with Crippen LogP contribution in [0.15, 0.2) is 18.2 Å². The van der Waals surface area contributed by atoms with Gasteiger partial charge >= 0.3 is 5.97 Å². The molecule has 16 heavy (non-hydrogen) atoms. The van der Waals surface area contributed by atoms with Gasteiger partial charge in [-0.15, -0.1) is 0 Å². The predicted octanol–water partition coefficient (Wildman–Crippen LogP) is 2.88. The Morgan fingerprint density at radius 3 is 2.69 bits per heavy atom. The number of nitrogens with one attached hydrogen (secondary N) is 1. The van der Waals surface area contributed by atoms with Crippen LogP contribution >= 0.6 is 0 Å². The summed E-state index contributed by atoms with van der Waals surface area (Å²) in [6, 6.07) is 4.00. The molecule has 0 atom stereocenters. The Morgan fingerprint density at radius 1 is 1.38 bits per heavy atom. The van der Waals surface area contributed by atoms with Crippen LogP contribution in [0.25, 0.3) is 0 Å². The second-order valence-corrected chi connectivity index (χ2v) is 4.12. The summed E-state index contributed by atoms with van der Waals surface area (Å²) in [7, 11) is 0. The number of hydrogen-bond acceptors (Lipinski definition) is 2. The first-order valence-electron chi connectivity index (χ1n) is 5.46. The zero-order chi connectivity index (χ0) is 11.5. The van der Waals surface area contributed by atoms with Crippen LogP contribution in [0.5, 0.6) is 0 Å². The van der Waals surface area contributed by atoms with Gasteiger partial charge in [-0.25, -0.2) is 9.18 Å². The lowest BCUT2D eigenvalue weighted by Crippen LogP contribution is -2.17. The van der Waals surface area contributed by atoms with E-state index in [0.29, 0.717) is 5.69 Å². The van der Waals surface area contributed by atoms with Gasteiger partial charge in [0.1, 0.15) is 5.82 Å². The fourth-order valence-corrected chi connectivity index (χ4v) is 2.11. The van der Waals surface area contributed by atoms with E-state index in [1.54, 1.807) is 0 Å². The molecular formula is C12H14FNO2. The fourth-order valence-electron chi connectivity index (χ4n) is 2.11. The van der Waals surface area contributed by atoms with Gasteiger partial charge in [0, 0.05) is 6.04 Å². The molecule has 1 aliphatic carbocycles. The van der Waals surface area contributed by atoms with Crippen LogP contribution in [0, 0.1) is 5.82 Å². The molecule has 0 aliphatic heterocycles. The SMILES string of the molecule is O=C(O)c1ccc(F)cc1NC1CCCC1. The maximum atomic E-state index is 13.1. The largest absolute Gasteiger partial charge is 0.478 e. The van der Waals surface area contributed by atoms with E-state index in [2.05, 4.69) is 5.32 Å². The van der Waals surface area contributed by atoms with Crippen molar-refractivity contribution >= 4 is 11.7 Å². The summed E-state index contributed by atoms with van der Waals surface area (Å²) in [6.45, 7) is 0. The third kappa shape index (κ3) is 2.32. The van der Waals surface area contributed by atoms with Crippen molar-refractivity contribution in [2.24, 2.45) is 0 Å². The average Bonchev–Trinajstić information content (AvgIpc) is 2.70.